The van der Waals surface area contributed by atoms with E-state index in [0.717, 1.165) is 5.82 Å². The Labute approximate surface area is 47.3 Å². The van der Waals surface area contributed by atoms with Crippen molar-refractivity contribution < 1.29 is 0 Å². The number of hydrogen-bond acceptors (Lipinski definition) is 3. The van der Waals surface area contributed by atoms with E-state index in [1.54, 1.807) is 19.3 Å². The van der Waals surface area contributed by atoms with Gasteiger partial charge in [0.2, 0.25) is 0 Å². The van der Waals surface area contributed by atoms with E-state index in [9.17, 15) is 0 Å². The van der Waals surface area contributed by atoms with Gasteiger partial charge in [0.15, 0.2) is 0 Å². The van der Waals surface area contributed by atoms with E-state index in [0.29, 0.717) is 0 Å². The van der Waals surface area contributed by atoms with Crippen molar-refractivity contribution in [2.75, 3.05) is 12.1 Å². The van der Waals surface area contributed by atoms with Crippen LogP contribution >= 0.6 is 0 Å². The molecule has 0 aliphatic carbocycles. The van der Waals surface area contributed by atoms with Gasteiger partial charge in [-0.1, -0.05) is 0 Å². The van der Waals surface area contributed by atoms with E-state index in [-0.39, 0.29) is 0 Å². The summed E-state index contributed by atoms with van der Waals surface area (Å²) in [4.78, 5) is 0. The summed E-state index contributed by atoms with van der Waals surface area (Å²) in [7, 11) is 1.74. The summed E-state index contributed by atoms with van der Waals surface area (Å²) in [6.45, 7) is 0. The fraction of sp³-hybridized carbons (Fsp3) is 0.250. The quantitative estimate of drug-likeness (QED) is 0.388. The number of anilines is 1. The minimum atomic E-state index is 0.810. The molecule has 3 N–H and O–H groups in total. The van der Waals surface area contributed by atoms with E-state index in [2.05, 4.69) is 10.2 Å². The zero-order chi connectivity index (χ0) is 5.98. The lowest BCUT2D eigenvalue weighted by Crippen LogP contribution is -2.25. The van der Waals surface area contributed by atoms with Crippen molar-refractivity contribution in [2.45, 2.75) is 0 Å². The summed E-state index contributed by atoms with van der Waals surface area (Å²) in [5, 5.41) is 7.85. The highest BCUT2D eigenvalue weighted by atomic mass is 15.4. The fourth-order valence-electron chi connectivity index (χ4n) is 0.445. The molecule has 0 bridgehead atoms. The van der Waals surface area contributed by atoms with Crippen LogP contribution in [0.15, 0.2) is 12.3 Å². The third-order valence-corrected chi connectivity index (χ3v) is 0.866. The Morgan fingerprint density at radius 2 is 2.62 bits per heavy atom. The molecule has 1 heterocycles. The van der Waals surface area contributed by atoms with E-state index >= 15 is 0 Å². The van der Waals surface area contributed by atoms with Gasteiger partial charge in [0, 0.05) is 13.1 Å². The first-order valence-corrected chi connectivity index (χ1v) is 2.28. The SMILES string of the molecule is CN(N)c1ccn[nH]1. The second-order valence-corrected chi connectivity index (χ2v) is 1.55. The molecule has 1 aromatic rings. The van der Waals surface area contributed by atoms with E-state index < -0.39 is 0 Å². The minimum absolute atomic E-state index is 0.810. The van der Waals surface area contributed by atoms with Gasteiger partial charge < -0.3 is 0 Å². The predicted octanol–water partition coefficient (Wildman–Crippen LogP) is -0.280. The molecular formula is C4H8N4. The summed E-state index contributed by atoms with van der Waals surface area (Å²) in [5.41, 5.74) is 0. The molecule has 0 aromatic carbocycles. The van der Waals surface area contributed by atoms with Gasteiger partial charge >= 0.3 is 0 Å². The molecule has 0 amide bonds. The molecule has 0 atom stereocenters. The average molecular weight is 112 g/mol. The predicted molar refractivity (Wildman–Crippen MR) is 31.2 cm³/mol. The third-order valence-electron chi connectivity index (χ3n) is 0.866. The van der Waals surface area contributed by atoms with Gasteiger partial charge in [-0.2, -0.15) is 5.10 Å². The number of nitrogens with two attached hydrogens (primary N) is 1. The molecule has 0 radical (unpaired) electrons. The number of aromatic amines is 1. The van der Waals surface area contributed by atoms with Crippen molar-refractivity contribution in [3.8, 4) is 0 Å². The number of hydrazine groups is 1. The topological polar surface area (TPSA) is 57.9 Å². The highest BCUT2D eigenvalue weighted by Gasteiger charge is 1.90. The molecule has 0 spiro atoms. The molecule has 1 aromatic heterocycles. The standard InChI is InChI=1S/C4H8N4/c1-8(5)4-2-3-6-7-4/h2-3H,5H2,1H3,(H,6,7). The smallest absolute Gasteiger partial charge is 0.137 e. The normalized spacial score (nSPS) is 9.25. The van der Waals surface area contributed by atoms with Crippen LogP contribution in [-0.4, -0.2) is 17.2 Å². The van der Waals surface area contributed by atoms with Crippen molar-refractivity contribution in [2.24, 2.45) is 5.84 Å². The number of H-pyrrole nitrogens is 1. The third kappa shape index (κ3) is 0.788. The Bertz CT molecular complexity index is 143. The maximum atomic E-state index is 5.32. The second kappa shape index (κ2) is 1.83. The van der Waals surface area contributed by atoms with E-state index in [1.165, 1.54) is 5.01 Å². The number of rotatable bonds is 1. The lowest BCUT2D eigenvalue weighted by atomic mass is 10.6. The summed E-state index contributed by atoms with van der Waals surface area (Å²) < 4.78 is 0. The van der Waals surface area contributed by atoms with Crippen LogP contribution in [0.4, 0.5) is 5.82 Å². The minimum Gasteiger partial charge on any atom is -0.298 e. The van der Waals surface area contributed by atoms with Crippen molar-refractivity contribution >= 4 is 5.82 Å². The second-order valence-electron chi connectivity index (χ2n) is 1.55. The average Bonchev–Trinajstić information content (AvgIpc) is 2.12. The summed E-state index contributed by atoms with van der Waals surface area (Å²) >= 11 is 0. The highest BCUT2D eigenvalue weighted by Crippen LogP contribution is 1.98. The molecule has 44 valence electrons. The summed E-state index contributed by atoms with van der Waals surface area (Å²) in [6, 6.07) is 1.79. The summed E-state index contributed by atoms with van der Waals surface area (Å²) in [6.07, 6.45) is 1.65. The van der Waals surface area contributed by atoms with Crippen LogP contribution < -0.4 is 10.9 Å². The molecule has 4 heteroatoms. The van der Waals surface area contributed by atoms with Gasteiger partial charge in [-0.3, -0.25) is 10.1 Å². The highest BCUT2D eigenvalue weighted by molar-refractivity contribution is 5.32. The Hall–Kier alpha value is -1.03. The number of nitrogens with zero attached hydrogens (tertiary/aromatic N) is 2. The maximum absolute atomic E-state index is 5.32. The van der Waals surface area contributed by atoms with Crippen LogP contribution in [-0.2, 0) is 0 Å². The largest absolute Gasteiger partial charge is 0.298 e. The van der Waals surface area contributed by atoms with Crippen molar-refractivity contribution in [3.63, 3.8) is 0 Å². The Morgan fingerprint density at radius 1 is 1.88 bits per heavy atom. The van der Waals surface area contributed by atoms with Crippen LogP contribution in [0.25, 0.3) is 0 Å². The molecule has 1 rings (SSSR count). The van der Waals surface area contributed by atoms with Crippen molar-refractivity contribution in [1.29, 1.82) is 0 Å². The zero-order valence-corrected chi connectivity index (χ0v) is 4.63. The van der Waals surface area contributed by atoms with Gasteiger partial charge in [0.05, 0.1) is 6.20 Å². The number of nitrogens with one attached hydrogen (secondary N) is 1. The lowest BCUT2D eigenvalue weighted by Gasteiger charge is -2.05. The van der Waals surface area contributed by atoms with Gasteiger partial charge in [-0.05, 0) is 0 Å². The molecule has 0 fully saturated rings. The first-order chi connectivity index (χ1) is 3.80. The number of aromatic nitrogens is 2. The molecule has 0 aliphatic rings. The molecule has 0 aliphatic heterocycles. The van der Waals surface area contributed by atoms with Crippen LogP contribution in [0.3, 0.4) is 0 Å². The van der Waals surface area contributed by atoms with Gasteiger partial charge in [0.1, 0.15) is 5.82 Å². The molecular weight excluding hydrogens is 104 g/mol. The van der Waals surface area contributed by atoms with Crippen LogP contribution in [0.5, 0.6) is 0 Å². The fourth-order valence-corrected chi connectivity index (χ4v) is 0.445. The first kappa shape index (κ1) is 5.11. The maximum Gasteiger partial charge on any atom is 0.137 e. The number of hydrogen-bond donors (Lipinski definition) is 2. The Morgan fingerprint density at radius 3 is 2.88 bits per heavy atom. The van der Waals surface area contributed by atoms with Crippen LogP contribution in [0.2, 0.25) is 0 Å². The zero-order valence-electron chi connectivity index (χ0n) is 4.63. The lowest BCUT2D eigenvalue weighted by molar-refractivity contribution is 0.952. The van der Waals surface area contributed by atoms with E-state index in [4.69, 9.17) is 5.84 Å². The van der Waals surface area contributed by atoms with Crippen molar-refractivity contribution in [3.05, 3.63) is 12.3 Å². The van der Waals surface area contributed by atoms with Crippen molar-refractivity contribution in [1.82, 2.24) is 10.2 Å². The molecule has 4 nitrogen and oxygen atoms in total. The molecule has 0 saturated carbocycles. The molecule has 0 unspecified atom stereocenters. The van der Waals surface area contributed by atoms with Gasteiger partial charge in [-0.25, -0.2) is 5.84 Å². The first-order valence-electron chi connectivity index (χ1n) is 2.28. The molecule has 0 saturated heterocycles. The van der Waals surface area contributed by atoms with E-state index in [1.807, 2.05) is 0 Å². The van der Waals surface area contributed by atoms with Gasteiger partial charge in [0.25, 0.3) is 0 Å². The van der Waals surface area contributed by atoms with Crippen LogP contribution in [0, 0.1) is 0 Å². The summed E-state index contributed by atoms with van der Waals surface area (Å²) in [5.74, 6) is 6.13. The Balaban J connectivity index is 2.77. The van der Waals surface area contributed by atoms with Gasteiger partial charge in [-0.15, -0.1) is 0 Å². The monoisotopic (exact) mass is 112 g/mol. The Kier molecular flexibility index (Phi) is 1.17. The van der Waals surface area contributed by atoms with Crippen LogP contribution in [0.1, 0.15) is 0 Å². The molecule has 8 heavy (non-hydrogen) atoms.